The van der Waals surface area contributed by atoms with Crippen LogP contribution in [-0.4, -0.2) is 39.2 Å². The molecule has 0 spiro atoms. The van der Waals surface area contributed by atoms with Gasteiger partial charge in [-0.25, -0.2) is 8.42 Å². The molecule has 0 aliphatic carbocycles. The highest BCUT2D eigenvalue weighted by atomic mass is 32.2. The number of sulfone groups is 1. The van der Waals surface area contributed by atoms with Crippen LogP contribution in [0.3, 0.4) is 0 Å². The maximum absolute atomic E-state index is 12.2. The lowest BCUT2D eigenvalue weighted by Crippen LogP contribution is -2.47. The third-order valence-corrected chi connectivity index (χ3v) is 5.53. The molecule has 1 aromatic carbocycles. The SMILES string of the molecule is CCS(=O)(=O)c1ccccc1N1CCC[C@@H](NC(C)=O)C1. The van der Waals surface area contributed by atoms with Crippen LogP contribution in [0.2, 0.25) is 0 Å². The summed E-state index contributed by atoms with van der Waals surface area (Å²) < 4.78 is 24.5. The monoisotopic (exact) mass is 310 g/mol. The molecule has 1 aliphatic rings. The second kappa shape index (κ2) is 6.47. The van der Waals surface area contributed by atoms with E-state index in [4.69, 9.17) is 0 Å². The zero-order valence-corrected chi connectivity index (χ0v) is 13.3. The van der Waals surface area contributed by atoms with Gasteiger partial charge in [0.05, 0.1) is 16.3 Å². The maximum Gasteiger partial charge on any atom is 0.217 e. The molecule has 1 N–H and O–H groups in total. The van der Waals surface area contributed by atoms with Crippen molar-refractivity contribution < 1.29 is 13.2 Å². The molecule has 1 saturated heterocycles. The van der Waals surface area contributed by atoms with Gasteiger partial charge in [0.1, 0.15) is 0 Å². The lowest BCUT2D eigenvalue weighted by molar-refractivity contribution is -0.119. The van der Waals surface area contributed by atoms with Gasteiger partial charge in [-0.05, 0) is 25.0 Å². The van der Waals surface area contributed by atoms with Gasteiger partial charge in [0.15, 0.2) is 9.84 Å². The van der Waals surface area contributed by atoms with Gasteiger partial charge in [0.2, 0.25) is 5.91 Å². The van der Waals surface area contributed by atoms with Gasteiger partial charge < -0.3 is 10.2 Å². The molecule has 1 fully saturated rings. The van der Waals surface area contributed by atoms with E-state index in [0.717, 1.165) is 25.1 Å². The highest BCUT2D eigenvalue weighted by molar-refractivity contribution is 7.91. The fourth-order valence-electron chi connectivity index (χ4n) is 2.74. The molecule has 6 heteroatoms. The summed E-state index contributed by atoms with van der Waals surface area (Å²) in [6.07, 6.45) is 1.87. The van der Waals surface area contributed by atoms with Gasteiger partial charge in [0, 0.05) is 26.1 Å². The minimum absolute atomic E-state index is 0.0451. The number of benzene rings is 1. The summed E-state index contributed by atoms with van der Waals surface area (Å²) >= 11 is 0. The number of hydrogen-bond donors (Lipinski definition) is 1. The Hall–Kier alpha value is -1.56. The van der Waals surface area contributed by atoms with Crippen molar-refractivity contribution in [3.05, 3.63) is 24.3 Å². The Morgan fingerprint density at radius 1 is 1.38 bits per heavy atom. The summed E-state index contributed by atoms with van der Waals surface area (Å²) in [7, 11) is -3.25. The number of para-hydroxylation sites is 1. The highest BCUT2D eigenvalue weighted by Gasteiger charge is 2.25. The standard InChI is InChI=1S/C15H22N2O3S/c1-3-21(19,20)15-9-5-4-8-14(15)17-10-6-7-13(11-17)16-12(2)18/h4-5,8-9,13H,3,6-7,10-11H2,1-2H3,(H,16,18)/t13-/m1/s1. The quantitative estimate of drug-likeness (QED) is 0.917. The van der Waals surface area contributed by atoms with Crippen molar-refractivity contribution in [2.75, 3.05) is 23.7 Å². The second-order valence-electron chi connectivity index (χ2n) is 5.36. The average molecular weight is 310 g/mol. The molecule has 5 nitrogen and oxygen atoms in total. The van der Waals surface area contributed by atoms with E-state index in [9.17, 15) is 13.2 Å². The molecule has 0 radical (unpaired) electrons. The normalized spacial score (nSPS) is 19.3. The van der Waals surface area contributed by atoms with Crippen LogP contribution < -0.4 is 10.2 Å². The van der Waals surface area contributed by atoms with Crippen LogP contribution in [0.1, 0.15) is 26.7 Å². The molecule has 1 aromatic rings. The molecule has 0 bridgehead atoms. The number of hydrogen-bond acceptors (Lipinski definition) is 4. The Morgan fingerprint density at radius 2 is 2.10 bits per heavy atom. The van der Waals surface area contributed by atoms with Gasteiger partial charge in [-0.15, -0.1) is 0 Å². The maximum atomic E-state index is 12.2. The molecular formula is C15H22N2O3S. The fraction of sp³-hybridized carbons (Fsp3) is 0.533. The summed E-state index contributed by atoms with van der Waals surface area (Å²) in [5.41, 5.74) is 0.745. The first kappa shape index (κ1) is 15.8. The molecule has 1 amide bonds. The average Bonchev–Trinajstić information content (AvgIpc) is 2.47. The lowest BCUT2D eigenvalue weighted by atomic mass is 10.0. The predicted octanol–water partition coefficient (Wildman–Crippen LogP) is 1.59. The largest absolute Gasteiger partial charge is 0.368 e. The lowest BCUT2D eigenvalue weighted by Gasteiger charge is -2.35. The molecular weight excluding hydrogens is 288 g/mol. The van der Waals surface area contributed by atoms with Crippen molar-refractivity contribution in [2.45, 2.75) is 37.6 Å². The van der Waals surface area contributed by atoms with Gasteiger partial charge in [0.25, 0.3) is 0 Å². The van der Waals surface area contributed by atoms with Crippen molar-refractivity contribution in [1.82, 2.24) is 5.32 Å². The van der Waals surface area contributed by atoms with Crippen LogP contribution >= 0.6 is 0 Å². The Morgan fingerprint density at radius 3 is 2.76 bits per heavy atom. The molecule has 21 heavy (non-hydrogen) atoms. The van der Waals surface area contributed by atoms with Crippen molar-refractivity contribution in [3.63, 3.8) is 0 Å². The van der Waals surface area contributed by atoms with Gasteiger partial charge >= 0.3 is 0 Å². The minimum Gasteiger partial charge on any atom is -0.368 e. The number of piperidine rings is 1. The number of rotatable bonds is 4. The van der Waals surface area contributed by atoms with E-state index in [2.05, 4.69) is 10.2 Å². The molecule has 1 atom stereocenters. The predicted molar refractivity (Wildman–Crippen MR) is 83.2 cm³/mol. The van der Waals surface area contributed by atoms with Crippen LogP contribution in [0.5, 0.6) is 0 Å². The van der Waals surface area contributed by atoms with E-state index >= 15 is 0 Å². The van der Waals surface area contributed by atoms with E-state index in [0.29, 0.717) is 11.4 Å². The van der Waals surface area contributed by atoms with E-state index in [-0.39, 0.29) is 17.7 Å². The molecule has 2 rings (SSSR count). The summed E-state index contributed by atoms with van der Waals surface area (Å²) in [5.74, 6) is 0.0452. The Bertz CT molecular complexity index is 613. The number of nitrogens with one attached hydrogen (secondary N) is 1. The van der Waals surface area contributed by atoms with Crippen LogP contribution in [0.4, 0.5) is 5.69 Å². The first-order valence-electron chi connectivity index (χ1n) is 7.28. The zero-order chi connectivity index (χ0) is 15.5. The zero-order valence-electron chi connectivity index (χ0n) is 12.5. The fourth-order valence-corrected chi connectivity index (χ4v) is 3.85. The molecule has 1 heterocycles. The van der Waals surface area contributed by atoms with E-state index in [1.807, 2.05) is 12.1 Å². The Balaban J connectivity index is 2.28. The first-order chi connectivity index (χ1) is 9.94. The Kier molecular flexibility index (Phi) is 4.88. The molecule has 1 aliphatic heterocycles. The second-order valence-corrected chi connectivity index (χ2v) is 7.60. The number of nitrogens with zero attached hydrogens (tertiary/aromatic N) is 1. The van der Waals surface area contributed by atoms with E-state index < -0.39 is 9.84 Å². The number of anilines is 1. The van der Waals surface area contributed by atoms with Gasteiger partial charge in [-0.1, -0.05) is 19.1 Å². The van der Waals surface area contributed by atoms with Crippen molar-refractivity contribution in [3.8, 4) is 0 Å². The molecule has 116 valence electrons. The number of carbonyl (C=O) groups is 1. The molecule has 0 saturated carbocycles. The van der Waals surface area contributed by atoms with Crippen LogP contribution in [0, 0.1) is 0 Å². The smallest absolute Gasteiger partial charge is 0.217 e. The summed E-state index contributed by atoms with van der Waals surface area (Å²) in [6.45, 7) is 4.62. The molecule has 0 aromatic heterocycles. The topological polar surface area (TPSA) is 66.5 Å². The van der Waals surface area contributed by atoms with Crippen LogP contribution in [-0.2, 0) is 14.6 Å². The first-order valence-corrected chi connectivity index (χ1v) is 8.93. The minimum atomic E-state index is -3.25. The third-order valence-electron chi connectivity index (χ3n) is 3.75. The summed E-state index contributed by atoms with van der Waals surface area (Å²) in [6, 6.07) is 7.19. The number of amides is 1. The van der Waals surface area contributed by atoms with Crippen molar-refractivity contribution >= 4 is 21.4 Å². The van der Waals surface area contributed by atoms with Crippen LogP contribution in [0.15, 0.2) is 29.2 Å². The summed E-state index contributed by atoms with van der Waals surface area (Å²) in [4.78, 5) is 13.6. The summed E-state index contributed by atoms with van der Waals surface area (Å²) in [5, 5.41) is 2.92. The highest BCUT2D eigenvalue weighted by Crippen LogP contribution is 2.28. The Labute approximate surface area is 126 Å². The van der Waals surface area contributed by atoms with E-state index in [1.165, 1.54) is 6.92 Å². The van der Waals surface area contributed by atoms with E-state index in [1.54, 1.807) is 19.1 Å². The third kappa shape index (κ3) is 3.75. The van der Waals surface area contributed by atoms with Crippen molar-refractivity contribution in [2.24, 2.45) is 0 Å². The van der Waals surface area contributed by atoms with Gasteiger partial charge in [-0.2, -0.15) is 0 Å². The van der Waals surface area contributed by atoms with Gasteiger partial charge in [-0.3, -0.25) is 4.79 Å². The van der Waals surface area contributed by atoms with Crippen molar-refractivity contribution in [1.29, 1.82) is 0 Å². The van der Waals surface area contributed by atoms with Crippen LogP contribution in [0.25, 0.3) is 0 Å². The number of carbonyl (C=O) groups excluding carboxylic acids is 1. The molecule has 0 unspecified atom stereocenters.